The lowest BCUT2D eigenvalue weighted by Crippen LogP contribution is -2.36. The van der Waals surface area contributed by atoms with Gasteiger partial charge in [-0.2, -0.15) is 0 Å². The fourth-order valence-electron chi connectivity index (χ4n) is 3.02. The number of nitrogens with zero attached hydrogens (tertiary/aromatic N) is 1. The Kier molecular flexibility index (Phi) is 5.94. The largest absolute Gasteiger partial charge is 0.378 e. The molecule has 0 amide bonds. The lowest BCUT2D eigenvalue weighted by Gasteiger charge is -2.28. The molecule has 7 heteroatoms. The molecule has 0 aromatic heterocycles. The van der Waals surface area contributed by atoms with Crippen LogP contribution in [0.2, 0.25) is 0 Å². The average Bonchev–Trinajstić information content (AvgIpc) is 2.69. The molecule has 3 rings (SSSR count). The van der Waals surface area contributed by atoms with E-state index in [1.165, 1.54) is 0 Å². The monoisotopic (exact) mass is 388 g/mol. The first kappa shape index (κ1) is 19.5. The van der Waals surface area contributed by atoms with Crippen LogP contribution >= 0.6 is 0 Å². The molecule has 0 saturated carbocycles. The Labute approximate surface area is 160 Å². The fourth-order valence-corrected chi connectivity index (χ4v) is 4.33. The minimum atomic E-state index is -3.73. The minimum absolute atomic E-state index is 0.206. The van der Waals surface area contributed by atoms with E-state index in [9.17, 15) is 13.2 Å². The molecule has 1 N–H and O–H groups in total. The Morgan fingerprint density at radius 3 is 2.41 bits per heavy atom. The molecule has 1 aliphatic rings. The van der Waals surface area contributed by atoms with Crippen LogP contribution in [0.15, 0.2) is 47.4 Å². The number of anilines is 1. The van der Waals surface area contributed by atoms with E-state index >= 15 is 0 Å². The summed E-state index contributed by atoms with van der Waals surface area (Å²) in [6.07, 6.45) is 0. The summed E-state index contributed by atoms with van der Waals surface area (Å²) >= 11 is 0. The van der Waals surface area contributed by atoms with E-state index in [1.807, 2.05) is 25.1 Å². The number of carbonyl (C=O) groups is 1. The van der Waals surface area contributed by atoms with Gasteiger partial charge in [-0.1, -0.05) is 12.1 Å². The topological polar surface area (TPSA) is 75.7 Å². The first-order chi connectivity index (χ1) is 12.9. The zero-order chi connectivity index (χ0) is 19.4. The number of Topliss-reactive ketones (excluding diaryl/α,β-unsaturated/α-hetero) is 1. The Hall–Kier alpha value is -2.22. The van der Waals surface area contributed by atoms with Gasteiger partial charge in [0, 0.05) is 24.3 Å². The van der Waals surface area contributed by atoms with Crippen molar-refractivity contribution < 1.29 is 17.9 Å². The van der Waals surface area contributed by atoms with Gasteiger partial charge < -0.3 is 9.64 Å². The van der Waals surface area contributed by atoms with Crippen molar-refractivity contribution in [1.29, 1.82) is 0 Å². The van der Waals surface area contributed by atoms with Crippen molar-refractivity contribution in [2.45, 2.75) is 18.7 Å². The first-order valence-corrected chi connectivity index (χ1v) is 10.4. The van der Waals surface area contributed by atoms with E-state index in [0.717, 1.165) is 24.3 Å². The Morgan fingerprint density at radius 2 is 1.74 bits per heavy atom. The van der Waals surface area contributed by atoms with Gasteiger partial charge in [-0.25, -0.2) is 13.1 Å². The van der Waals surface area contributed by atoms with Crippen LogP contribution in [-0.4, -0.2) is 47.0 Å². The number of nitrogens with one attached hydrogen (secondary N) is 1. The van der Waals surface area contributed by atoms with Crippen molar-refractivity contribution in [3.63, 3.8) is 0 Å². The summed E-state index contributed by atoms with van der Waals surface area (Å²) in [6.45, 7) is 6.33. The molecule has 0 atom stereocenters. The van der Waals surface area contributed by atoms with Crippen molar-refractivity contribution in [2.75, 3.05) is 37.7 Å². The zero-order valence-electron chi connectivity index (χ0n) is 15.6. The smallest absolute Gasteiger partial charge is 0.241 e. The highest BCUT2D eigenvalue weighted by atomic mass is 32.2. The van der Waals surface area contributed by atoms with Crippen LogP contribution < -0.4 is 9.62 Å². The molecule has 0 bridgehead atoms. The maximum absolute atomic E-state index is 12.5. The Bertz CT molecular complexity index is 917. The van der Waals surface area contributed by atoms with Crippen LogP contribution in [0.25, 0.3) is 0 Å². The predicted molar refractivity (Wildman–Crippen MR) is 105 cm³/mol. The van der Waals surface area contributed by atoms with Gasteiger partial charge in [0.2, 0.25) is 10.0 Å². The second-order valence-electron chi connectivity index (χ2n) is 6.66. The van der Waals surface area contributed by atoms with Crippen LogP contribution in [0.4, 0.5) is 5.69 Å². The van der Waals surface area contributed by atoms with Gasteiger partial charge in [0.25, 0.3) is 0 Å². The number of rotatable bonds is 6. The third-order valence-corrected chi connectivity index (χ3v) is 6.16. The second kappa shape index (κ2) is 8.21. The number of morpholine rings is 1. The highest BCUT2D eigenvalue weighted by molar-refractivity contribution is 7.89. The Balaban J connectivity index is 1.65. The van der Waals surface area contributed by atoms with E-state index in [2.05, 4.69) is 9.62 Å². The highest BCUT2D eigenvalue weighted by Gasteiger charge is 2.19. The number of aryl methyl sites for hydroxylation is 2. The summed E-state index contributed by atoms with van der Waals surface area (Å²) in [5.41, 5.74) is 3.02. The molecule has 2 aromatic rings. The lowest BCUT2D eigenvalue weighted by atomic mass is 10.1. The molecule has 0 unspecified atom stereocenters. The third-order valence-electron chi connectivity index (χ3n) is 4.62. The summed E-state index contributed by atoms with van der Waals surface area (Å²) < 4.78 is 32.8. The number of sulfonamides is 1. The van der Waals surface area contributed by atoms with Crippen molar-refractivity contribution in [3.8, 4) is 0 Å². The number of hydrogen-bond donors (Lipinski definition) is 1. The summed E-state index contributed by atoms with van der Waals surface area (Å²) in [4.78, 5) is 14.8. The van der Waals surface area contributed by atoms with Crippen LogP contribution in [0, 0.1) is 13.8 Å². The van der Waals surface area contributed by atoms with E-state index in [-0.39, 0.29) is 17.2 Å². The Morgan fingerprint density at radius 1 is 1.07 bits per heavy atom. The van der Waals surface area contributed by atoms with E-state index < -0.39 is 10.0 Å². The zero-order valence-corrected chi connectivity index (χ0v) is 16.4. The first-order valence-electron chi connectivity index (χ1n) is 8.90. The van der Waals surface area contributed by atoms with Gasteiger partial charge in [0.1, 0.15) is 0 Å². The van der Waals surface area contributed by atoms with Crippen molar-refractivity contribution in [3.05, 3.63) is 59.2 Å². The normalized spacial score (nSPS) is 15.0. The number of ketones is 1. The molecule has 2 aromatic carbocycles. The summed E-state index contributed by atoms with van der Waals surface area (Å²) in [7, 11) is -3.73. The number of hydrogen-bond acceptors (Lipinski definition) is 5. The molecule has 1 saturated heterocycles. The second-order valence-corrected chi connectivity index (χ2v) is 8.40. The minimum Gasteiger partial charge on any atom is -0.378 e. The van der Waals surface area contributed by atoms with Crippen LogP contribution in [-0.2, 0) is 14.8 Å². The SMILES string of the molecule is Cc1ccc(C)c(S(=O)(=O)NCC(=O)c2ccc(N3CCOCC3)cc2)c1. The molecule has 6 nitrogen and oxygen atoms in total. The standard InChI is InChI=1S/C20H24N2O4S/c1-15-3-4-16(2)20(13-15)27(24,25)21-14-19(23)17-5-7-18(8-6-17)22-9-11-26-12-10-22/h3-8,13,21H,9-12,14H2,1-2H3. The molecule has 27 heavy (non-hydrogen) atoms. The predicted octanol–water partition coefficient (Wildman–Crippen LogP) is 2.30. The van der Waals surface area contributed by atoms with Crippen LogP contribution in [0.5, 0.6) is 0 Å². The molecule has 0 spiro atoms. The van der Waals surface area contributed by atoms with E-state index in [1.54, 1.807) is 31.2 Å². The van der Waals surface area contributed by atoms with Gasteiger partial charge in [-0.15, -0.1) is 0 Å². The third kappa shape index (κ3) is 4.74. The summed E-state index contributed by atoms with van der Waals surface area (Å²) in [5, 5.41) is 0. The van der Waals surface area contributed by atoms with Gasteiger partial charge in [0.05, 0.1) is 24.7 Å². The molecular weight excluding hydrogens is 364 g/mol. The molecule has 1 fully saturated rings. The molecule has 0 radical (unpaired) electrons. The number of ether oxygens (including phenoxy) is 1. The highest BCUT2D eigenvalue weighted by Crippen LogP contribution is 2.18. The van der Waals surface area contributed by atoms with Gasteiger partial charge >= 0.3 is 0 Å². The maximum Gasteiger partial charge on any atom is 0.241 e. The van der Waals surface area contributed by atoms with E-state index in [4.69, 9.17) is 4.74 Å². The molecule has 1 heterocycles. The van der Waals surface area contributed by atoms with E-state index in [0.29, 0.717) is 24.3 Å². The number of benzene rings is 2. The average molecular weight is 388 g/mol. The van der Waals surface area contributed by atoms with Crippen LogP contribution in [0.3, 0.4) is 0 Å². The van der Waals surface area contributed by atoms with Crippen molar-refractivity contribution >= 4 is 21.5 Å². The van der Waals surface area contributed by atoms with Gasteiger partial charge in [-0.3, -0.25) is 4.79 Å². The van der Waals surface area contributed by atoms with Crippen molar-refractivity contribution in [1.82, 2.24) is 4.72 Å². The van der Waals surface area contributed by atoms with Crippen molar-refractivity contribution in [2.24, 2.45) is 0 Å². The number of carbonyl (C=O) groups excluding carboxylic acids is 1. The molecular formula is C20H24N2O4S. The molecule has 0 aliphatic carbocycles. The van der Waals surface area contributed by atoms with Gasteiger partial charge in [0.15, 0.2) is 5.78 Å². The summed E-state index contributed by atoms with van der Waals surface area (Å²) in [6, 6.07) is 12.5. The lowest BCUT2D eigenvalue weighted by molar-refractivity contribution is 0.0997. The summed E-state index contributed by atoms with van der Waals surface area (Å²) in [5.74, 6) is -0.266. The fraction of sp³-hybridized carbons (Fsp3) is 0.350. The molecule has 144 valence electrons. The van der Waals surface area contributed by atoms with Crippen LogP contribution in [0.1, 0.15) is 21.5 Å². The maximum atomic E-state index is 12.5. The van der Waals surface area contributed by atoms with Gasteiger partial charge in [-0.05, 0) is 55.3 Å². The molecule has 1 aliphatic heterocycles. The quantitative estimate of drug-likeness (QED) is 0.769.